The van der Waals surface area contributed by atoms with Gasteiger partial charge in [-0.1, -0.05) is 41.0 Å². The van der Waals surface area contributed by atoms with Crippen LogP contribution in [0, 0.1) is 0 Å². The fraction of sp³-hybridized carbons (Fsp3) is 0.154. The second-order valence-electron chi connectivity index (χ2n) is 3.76. The predicted molar refractivity (Wildman–Crippen MR) is 75.5 cm³/mol. The monoisotopic (exact) mass is 299 g/mol. The first-order chi connectivity index (χ1) is 8.58. The maximum atomic E-state index is 9.47. The van der Waals surface area contributed by atoms with Gasteiger partial charge in [-0.2, -0.15) is 0 Å². The van der Waals surface area contributed by atoms with Gasteiger partial charge in [-0.25, -0.2) is 4.98 Å². The quantitative estimate of drug-likeness (QED) is 0.899. The molecule has 18 heavy (non-hydrogen) atoms. The summed E-state index contributed by atoms with van der Waals surface area (Å²) in [4.78, 5) is 5.06. The second-order valence-corrected chi connectivity index (χ2v) is 5.60. The zero-order valence-electron chi connectivity index (χ0n) is 9.60. The number of hydrogen-bond acceptors (Lipinski definition) is 3. The number of hydrogen-bond donors (Lipinski definition) is 1. The SMILES string of the molecule is C[C@@H](O)c1ccc(Sc2ncccc2Cl)c(Cl)c1. The van der Waals surface area contributed by atoms with E-state index in [0.29, 0.717) is 15.1 Å². The van der Waals surface area contributed by atoms with Crippen molar-refractivity contribution in [2.45, 2.75) is 22.9 Å². The Labute approximate surface area is 120 Å². The van der Waals surface area contributed by atoms with E-state index in [0.717, 1.165) is 10.5 Å². The van der Waals surface area contributed by atoms with Gasteiger partial charge in [-0.15, -0.1) is 0 Å². The molecule has 0 fully saturated rings. The first kappa shape index (κ1) is 13.7. The van der Waals surface area contributed by atoms with Gasteiger partial charge in [0.05, 0.1) is 16.1 Å². The first-order valence-corrected chi connectivity index (χ1v) is 6.91. The molecule has 0 aliphatic heterocycles. The summed E-state index contributed by atoms with van der Waals surface area (Å²) in [7, 11) is 0. The van der Waals surface area contributed by atoms with Crippen LogP contribution in [0.15, 0.2) is 46.5 Å². The molecule has 1 heterocycles. The molecule has 2 rings (SSSR count). The molecule has 1 N–H and O–H groups in total. The van der Waals surface area contributed by atoms with E-state index in [1.54, 1.807) is 31.3 Å². The van der Waals surface area contributed by atoms with Crippen LogP contribution in [0.3, 0.4) is 0 Å². The fourth-order valence-corrected chi connectivity index (χ4v) is 2.73. The third kappa shape index (κ3) is 3.18. The second kappa shape index (κ2) is 5.93. The Morgan fingerprint density at radius 2 is 2.00 bits per heavy atom. The van der Waals surface area contributed by atoms with Crippen molar-refractivity contribution in [3.05, 3.63) is 52.1 Å². The van der Waals surface area contributed by atoms with Crippen LogP contribution >= 0.6 is 35.0 Å². The summed E-state index contributed by atoms with van der Waals surface area (Å²) in [5.74, 6) is 0. The van der Waals surface area contributed by atoms with Gasteiger partial charge in [-0.05, 0) is 36.8 Å². The van der Waals surface area contributed by atoms with Crippen molar-refractivity contribution in [3.8, 4) is 0 Å². The highest BCUT2D eigenvalue weighted by Crippen LogP contribution is 2.36. The highest BCUT2D eigenvalue weighted by molar-refractivity contribution is 7.99. The van der Waals surface area contributed by atoms with Crippen molar-refractivity contribution in [2.75, 3.05) is 0 Å². The van der Waals surface area contributed by atoms with E-state index in [4.69, 9.17) is 23.2 Å². The van der Waals surface area contributed by atoms with E-state index in [-0.39, 0.29) is 0 Å². The molecule has 0 bridgehead atoms. The Kier molecular flexibility index (Phi) is 4.51. The van der Waals surface area contributed by atoms with Gasteiger partial charge in [0.15, 0.2) is 0 Å². The average Bonchev–Trinajstić information content (AvgIpc) is 2.34. The van der Waals surface area contributed by atoms with Gasteiger partial charge in [0, 0.05) is 11.1 Å². The average molecular weight is 300 g/mol. The van der Waals surface area contributed by atoms with E-state index in [1.165, 1.54) is 11.8 Å². The molecule has 0 saturated heterocycles. The molecule has 2 nitrogen and oxygen atoms in total. The van der Waals surface area contributed by atoms with Crippen molar-refractivity contribution in [1.29, 1.82) is 0 Å². The van der Waals surface area contributed by atoms with Crippen LogP contribution in [0.4, 0.5) is 0 Å². The van der Waals surface area contributed by atoms with E-state index in [2.05, 4.69) is 4.98 Å². The molecule has 94 valence electrons. The number of aliphatic hydroxyl groups is 1. The number of halogens is 2. The van der Waals surface area contributed by atoms with E-state index in [9.17, 15) is 5.11 Å². The van der Waals surface area contributed by atoms with E-state index >= 15 is 0 Å². The molecule has 0 spiro atoms. The standard InChI is InChI=1S/C13H11Cl2NOS/c1-8(17)9-4-5-12(11(15)7-9)18-13-10(14)3-2-6-16-13/h2-8,17H,1H3/t8-/m1/s1. The van der Waals surface area contributed by atoms with Crippen LogP contribution in [0.25, 0.3) is 0 Å². The minimum atomic E-state index is -0.528. The number of aliphatic hydroxyl groups excluding tert-OH is 1. The number of aromatic nitrogens is 1. The predicted octanol–water partition coefficient (Wildman–Crippen LogP) is 4.59. The number of nitrogens with zero attached hydrogens (tertiary/aromatic N) is 1. The summed E-state index contributed by atoms with van der Waals surface area (Å²) < 4.78 is 0. The Bertz CT molecular complexity index is 560. The van der Waals surface area contributed by atoms with Crippen LogP contribution in [0.1, 0.15) is 18.6 Å². The third-order valence-electron chi connectivity index (χ3n) is 2.37. The molecule has 0 radical (unpaired) electrons. The minimum Gasteiger partial charge on any atom is -0.389 e. The number of rotatable bonds is 3. The normalized spacial score (nSPS) is 12.4. The van der Waals surface area contributed by atoms with Crippen LogP contribution in [0.5, 0.6) is 0 Å². The van der Waals surface area contributed by atoms with Crippen LogP contribution in [-0.4, -0.2) is 10.1 Å². The molecule has 0 aliphatic rings. The Hall–Kier alpha value is -0.740. The molecule has 1 aromatic carbocycles. The molecule has 0 saturated carbocycles. The molecule has 1 aromatic heterocycles. The maximum absolute atomic E-state index is 9.47. The lowest BCUT2D eigenvalue weighted by atomic mass is 10.1. The summed E-state index contributed by atoms with van der Waals surface area (Å²) in [6.07, 6.45) is 1.16. The van der Waals surface area contributed by atoms with Gasteiger partial charge in [0.1, 0.15) is 5.03 Å². The summed E-state index contributed by atoms with van der Waals surface area (Å²) in [6.45, 7) is 1.70. The van der Waals surface area contributed by atoms with Crippen molar-refractivity contribution in [3.63, 3.8) is 0 Å². The van der Waals surface area contributed by atoms with E-state index in [1.807, 2.05) is 12.1 Å². The number of benzene rings is 1. The largest absolute Gasteiger partial charge is 0.389 e. The van der Waals surface area contributed by atoms with Crippen molar-refractivity contribution >= 4 is 35.0 Å². The lowest BCUT2D eigenvalue weighted by molar-refractivity contribution is 0.199. The van der Waals surface area contributed by atoms with Gasteiger partial charge < -0.3 is 5.11 Å². The first-order valence-electron chi connectivity index (χ1n) is 5.34. The molecule has 0 aliphatic carbocycles. The Balaban J connectivity index is 2.28. The summed E-state index contributed by atoms with van der Waals surface area (Å²) in [5.41, 5.74) is 0.788. The van der Waals surface area contributed by atoms with Gasteiger partial charge in [0.2, 0.25) is 0 Å². The van der Waals surface area contributed by atoms with Crippen molar-refractivity contribution in [2.24, 2.45) is 0 Å². The van der Waals surface area contributed by atoms with Gasteiger partial charge in [0.25, 0.3) is 0 Å². The molecule has 2 aromatic rings. The Morgan fingerprint density at radius 3 is 2.61 bits per heavy atom. The molecular weight excluding hydrogens is 289 g/mol. The summed E-state index contributed by atoms with van der Waals surface area (Å²) >= 11 is 13.6. The zero-order valence-corrected chi connectivity index (χ0v) is 11.9. The highest BCUT2D eigenvalue weighted by Gasteiger charge is 2.09. The summed E-state index contributed by atoms with van der Waals surface area (Å²) in [6, 6.07) is 9.03. The smallest absolute Gasteiger partial charge is 0.119 e. The van der Waals surface area contributed by atoms with Crippen molar-refractivity contribution < 1.29 is 5.11 Å². The van der Waals surface area contributed by atoms with Crippen LogP contribution in [-0.2, 0) is 0 Å². The fourth-order valence-electron chi connectivity index (χ4n) is 1.41. The number of pyridine rings is 1. The Morgan fingerprint density at radius 1 is 1.22 bits per heavy atom. The zero-order chi connectivity index (χ0) is 13.1. The maximum Gasteiger partial charge on any atom is 0.119 e. The molecule has 5 heteroatoms. The molecule has 0 unspecified atom stereocenters. The highest BCUT2D eigenvalue weighted by atomic mass is 35.5. The van der Waals surface area contributed by atoms with Gasteiger partial charge >= 0.3 is 0 Å². The minimum absolute atomic E-state index is 0.528. The molecule has 1 atom stereocenters. The lowest BCUT2D eigenvalue weighted by Crippen LogP contribution is -1.91. The lowest BCUT2D eigenvalue weighted by Gasteiger charge is -2.09. The molecular formula is C13H11Cl2NOS. The van der Waals surface area contributed by atoms with Crippen LogP contribution in [0.2, 0.25) is 10.0 Å². The van der Waals surface area contributed by atoms with E-state index < -0.39 is 6.10 Å². The molecule has 0 amide bonds. The third-order valence-corrected chi connectivity index (χ3v) is 4.31. The van der Waals surface area contributed by atoms with Gasteiger partial charge in [-0.3, -0.25) is 0 Å². The van der Waals surface area contributed by atoms with Crippen molar-refractivity contribution in [1.82, 2.24) is 4.98 Å². The topological polar surface area (TPSA) is 33.1 Å². The van der Waals surface area contributed by atoms with Crippen LogP contribution < -0.4 is 0 Å². The summed E-state index contributed by atoms with van der Waals surface area (Å²) in [5, 5.41) is 11.4.